The maximum atomic E-state index is 12.3. The number of amides is 1. The average Bonchev–Trinajstić information content (AvgIpc) is 2.86. The van der Waals surface area contributed by atoms with E-state index in [2.05, 4.69) is 15.6 Å². The number of aryl methyl sites for hydroxylation is 1. The number of hydrogen-bond donors (Lipinski definition) is 2. The number of piperidine rings is 1. The molecule has 1 aliphatic heterocycles. The molecule has 2 aliphatic rings. The summed E-state index contributed by atoms with van der Waals surface area (Å²) in [7, 11) is 1.85. The lowest BCUT2D eigenvalue weighted by Gasteiger charge is -2.44. The maximum absolute atomic E-state index is 12.3. The fourth-order valence-corrected chi connectivity index (χ4v) is 3.73. The number of carbonyl (C=O) groups is 1. The quantitative estimate of drug-likeness (QED) is 0.862. The van der Waals surface area contributed by atoms with Gasteiger partial charge in [-0.25, -0.2) is 4.98 Å². The standard InChI is InChI=1S/C15H24N4O/c1-19-11-16-10-13(19)14(20)18-12-5-8-17-15(9-12)6-3-2-4-7-15/h10-12,17H,2-9H2,1H3,(H,18,20). The van der Waals surface area contributed by atoms with Gasteiger partial charge in [-0.3, -0.25) is 4.79 Å². The third-order valence-electron chi connectivity index (χ3n) is 4.83. The van der Waals surface area contributed by atoms with E-state index in [4.69, 9.17) is 0 Å². The third-order valence-corrected chi connectivity index (χ3v) is 4.83. The van der Waals surface area contributed by atoms with Crippen LogP contribution in [0.1, 0.15) is 55.4 Å². The van der Waals surface area contributed by atoms with Crippen molar-refractivity contribution in [3.05, 3.63) is 18.2 Å². The minimum atomic E-state index is 0.00265. The van der Waals surface area contributed by atoms with E-state index in [1.807, 2.05) is 7.05 Å². The number of rotatable bonds is 2. The second-order valence-electron chi connectivity index (χ2n) is 6.32. The van der Waals surface area contributed by atoms with Gasteiger partial charge in [-0.2, -0.15) is 0 Å². The number of nitrogens with one attached hydrogen (secondary N) is 2. The zero-order valence-electron chi connectivity index (χ0n) is 12.2. The average molecular weight is 276 g/mol. The van der Waals surface area contributed by atoms with Crippen molar-refractivity contribution < 1.29 is 4.79 Å². The van der Waals surface area contributed by atoms with E-state index in [9.17, 15) is 4.79 Å². The van der Waals surface area contributed by atoms with E-state index in [0.717, 1.165) is 19.4 Å². The lowest BCUT2D eigenvalue weighted by atomic mass is 9.75. The first-order valence-electron chi connectivity index (χ1n) is 7.71. The van der Waals surface area contributed by atoms with Gasteiger partial charge in [-0.1, -0.05) is 19.3 Å². The summed E-state index contributed by atoms with van der Waals surface area (Å²) in [6, 6.07) is 0.289. The molecular formula is C15H24N4O. The molecule has 20 heavy (non-hydrogen) atoms. The molecule has 1 aliphatic carbocycles. The van der Waals surface area contributed by atoms with Crippen molar-refractivity contribution in [1.82, 2.24) is 20.2 Å². The summed E-state index contributed by atoms with van der Waals surface area (Å²) < 4.78 is 1.77. The fourth-order valence-electron chi connectivity index (χ4n) is 3.73. The van der Waals surface area contributed by atoms with Crippen LogP contribution in [0.4, 0.5) is 0 Å². The molecule has 1 atom stereocenters. The molecule has 1 amide bonds. The van der Waals surface area contributed by atoms with E-state index in [-0.39, 0.29) is 17.5 Å². The van der Waals surface area contributed by atoms with E-state index in [0.29, 0.717) is 5.69 Å². The van der Waals surface area contributed by atoms with Crippen molar-refractivity contribution in [2.75, 3.05) is 6.54 Å². The normalized spacial score (nSPS) is 25.6. The van der Waals surface area contributed by atoms with Crippen molar-refractivity contribution in [2.45, 2.75) is 56.5 Å². The summed E-state index contributed by atoms with van der Waals surface area (Å²) in [5.41, 5.74) is 0.919. The Bertz CT molecular complexity index is 470. The van der Waals surface area contributed by atoms with Crippen LogP contribution in [0.5, 0.6) is 0 Å². The van der Waals surface area contributed by atoms with Gasteiger partial charge in [0, 0.05) is 18.6 Å². The molecule has 110 valence electrons. The summed E-state index contributed by atoms with van der Waals surface area (Å²) in [4.78, 5) is 16.3. The molecule has 1 aromatic heterocycles. The topological polar surface area (TPSA) is 59.0 Å². The van der Waals surface area contributed by atoms with Crippen LogP contribution in [0.15, 0.2) is 12.5 Å². The molecule has 0 radical (unpaired) electrons. The third kappa shape index (κ3) is 2.73. The van der Waals surface area contributed by atoms with E-state index in [1.54, 1.807) is 17.1 Å². The van der Waals surface area contributed by atoms with Crippen molar-refractivity contribution in [1.29, 1.82) is 0 Å². The zero-order valence-corrected chi connectivity index (χ0v) is 12.2. The molecule has 2 fully saturated rings. The molecule has 0 aromatic carbocycles. The highest BCUT2D eigenvalue weighted by Gasteiger charge is 2.37. The number of imidazole rings is 1. The molecule has 1 spiro atoms. The molecule has 5 heteroatoms. The van der Waals surface area contributed by atoms with Crippen LogP contribution in [0.3, 0.4) is 0 Å². The zero-order chi connectivity index (χ0) is 14.0. The molecule has 1 saturated carbocycles. The molecule has 0 bridgehead atoms. The first kappa shape index (κ1) is 13.6. The van der Waals surface area contributed by atoms with Crippen molar-refractivity contribution >= 4 is 5.91 Å². The van der Waals surface area contributed by atoms with E-state index in [1.165, 1.54) is 32.1 Å². The summed E-state index contributed by atoms with van der Waals surface area (Å²) in [6.07, 6.45) is 11.9. The van der Waals surface area contributed by atoms with Crippen molar-refractivity contribution in [3.8, 4) is 0 Å². The smallest absolute Gasteiger partial charge is 0.269 e. The van der Waals surface area contributed by atoms with Crippen LogP contribution in [0.2, 0.25) is 0 Å². The van der Waals surface area contributed by atoms with Crippen LogP contribution >= 0.6 is 0 Å². The van der Waals surface area contributed by atoms with Gasteiger partial charge in [0.15, 0.2) is 0 Å². The predicted octanol–water partition coefficient (Wildman–Crippen LogP) is 1.60. The Hall–Kier alpha value is -1.36. The summed E-state index contributed by atoms with van der Waals surface area (Å²) in [6.45, 7) is 1.01. The maximum Gasteiger partial charge on any atom is 0.269 e. The van der Waals surface area contributed by atoms with Crippen LogP contribution in [0, 0.1) is 0 Å². The SMILES string of the molecule is Cn1cncc1C(=O)NC1CCNC2(CCCCC2)C1. The Balaban J connectivity index is 1.63. The van der Waals surface area contributed by atoms with Gasteiger partial charge in [0.25, 0.3) is 5.91 Å². The van der Waals surface area contributed by atoms with Gasteiger partial charge in [0.2, 0.25) is 0 Å². The second kappa shape index (κ2) is 5.56. The highest BCUT2D eigenvalue weighted by molar-refractivity contribution is 5.92. The van der Waals surface area contributed by atoms with Gasteiger partial charge >= 0.3 is 0 Å². The summed E-state index contributed by atoms with van der Waals surface area (Å²) in [5, 5.41) is 6.91. The molecular weight excluding hydrogens is 252 g/mol. The van der Waals surface area contributed by atoms with Crippen LogP contribution in [0.25, 0.3) is 0 Å². The number of nitrogens with zero attached hydrogens (tertiary/aromatic N) is 2. The summed E-state index contributed by atoms with van der Waals surface area (Å²) in [5.74, 6) is 0.00265. The number of hydrogen-bond acceptors (Lipinski definition) is 3. The van der Waals surface area contributed by atoms with E-state index < -0.39 is 0 Å². The Kier molecular flexibility index (Phi) is 3.78. The van der Waals surface area contributed by atoms with Crippen LogP contribution in [-0.2, 0) is 7.05 Å². The van der Waals surface area contributed by atoms with Crippen molar-refractivity contribution in [3.63, 3.8) is 0 Å². The molecule has 1 aromatic rings. The minimum Gasteiger partial charge on any atom is -0.348 e. The first-order chi connectivity index (χ1) is 9.69. The number of carbonyl (C=O) groups excluding carboxylic acids is 1. The Morgan fingerprint density at radius 3 is 2.95 bits per heavy atom. The van der Waals surface area contributed by atoms with Crippen LogP contribution < -0.4 is 10.6 Å². The Morgan fingerprint density at radius 2 is 2.25 bits per heavy atom. The second-order valence-corrected chi connectivity index (χ2v) is 6.32. The molecule has 1 saturated heterocycles. The van der Waals surface area contributed by atoms with Crippen LogP contribution in [-0.4, -0.2) is 33.6 Å². The van der Waals surface area contributed by atoms with Gasteiger partial charge in [0.05, 0.1) is 12.5 Å². The Morgan fingerprint density at radius 1 is 1.45 bits per heavy atom. The molecule has 2 heterocycles. The highest BCUT2D eigenvalue weighted by Crippen LogP contribution is 2.34. The number of aromatic nitrogens is 2. The molecule has 3 rings (SSSR count). The molecule has 2 N–H and O–H groups in total. The van der Waals surface area contributed by atoms with E-state index >= 15 is 0 Å². The monoisotopic (exact) mass is 276 g/mol. The Labute approximate surface area is 120 Å². The minimum absolute atomic E-state index is 0.00265. The van der Waals surface area contributed by atoms with Gasteiger partial charge in [-0.05, 0) is 32.2 Å². The molecule has 1 unspecified atom stereocenters. The fraction of sp³-hybridized carbons (Fsp3) is 0.733. The predicted molar refractivity (Wildman–Crippen MR) is 77.5 cm³/mol. The van der Waals surface area contributed by atoms with Gasteiger partial charge in [0.1, 0.15) is 5.69 Å². The summed E-state index contributed by atoms with van der Waals surface area (Å²) >= 11 is 0. The molecule has 5 nitrogen and oxygen atoms in total. The van der Waals surface area contributed by atoms with Crippen molar-refractivity contribution in [2.24, 2.45) is 7.05 Å². The lowest BCUT2D eigenvalue weighted by molar-refractivity contribution is 0.0884. The highest BCUT2D eigenvalue weighted by atomic mass is 16.2. The largest absolute Gasteiger partial charge is 0.348 e. The lowest BCUT2D eigenvalue weighted by Crippen LogP contribution is -2.57. The van der Waals surface area contributed by atoms with Gasteiger partial charge in [-0.15, -0.1) is 0 Å². The first-order valence-corrected chi connectivity index (χ1v) is 7.71. The van der Waals surface area contributed by atoms with Gasteiger partial charge < -0.3 is 15.2 Å².